The monoisotopic (exact) mass is 213 g/mol. The molecule has 0 fully saturated rings. The highest BCUT2D eigenvalue weighted by Crippen LogP contribution is 2.03. The molecule has 0 aromatic carbocycles. The fourth-order valence-electron chi connectivity index (χ4n) is 1.49. The van der Waals surface area contributed by atoms with Gasteiger partial charge in [0.15, 0.2) is 5.96 Å². The maximum Gasteiger partial charge on any atom is 0.191 e. The Hall–Kier alpha value is -0.730. The van der Waals surface area contributed by atoms with E-state index in [-0.39, 0.29) is 0 Å². The van der Waals surface area contributed by atoms with E-state index in [1.54, 1.807) is 0 Å². The lowest BCUT2D eigenvalue weighted by molar-refractivity contribution is 0.335. The molecule has 3 heteroatoms. The van der Waals surface area contributed by atoms with E-state index in [1.807, 2.05) is 0 Å². The van der Waals surface area contributed by atoms with Crippen molar-refractivity contribution < 1.29 is 0 Å². The highest BCUT2D eigenvalue weighted by atomic mass is 15.3. The highest BCUT2D eigenvalue weighted by molar-refractivity contribution is 5.78. The molecule has 3 nitrogen and oxygen atoms in total. The summed E-state index contributed by atoms with van der Waals surface area (Å²) in [6.07, 6.45) is 4.78. The minimum absolute atomic E-state index is 0.447. The average Bonchev–Trinajstić information content (AvgIpc) is 2.20. The van der Waals surface area contributed by atoms with Crippen molar-refractivity contribution in [2.75, 3.05) is 13.1 Å². The van der Waals surface area contributed by atoms with E-state index in [2.05, 4.69) is 37.6 Å². The molecule has 15 heavy (non-hydrogen) atoms. The third kappa shape index (κ3) is 6.37. The van der Waals surface area contributed by atoms with Crippen molar-refractivity contribution in [3.8, 4) is 0 Å². The Labute approximate surface area is 94.7 Å². The number of hydrogen-bond acceptors (Lipinski definition) is 1. The van der Waals surface area contributed by atoms with Gasteiger partial charge in [-0.3, -0.25) is 4.99 Å². The summed E-state index contributed by atoms with van der Waals surface area (Å²) in [6, 6.07) is 0.447. The van der Waals surface area contributed by atoms with E-state index >= 15 is 0 Å². The van der Waals surface area contributed by atoms with Crippen LogP contribution in [-0.2, 0) is 0 Å². The van der Waals surface area contributed by atoms with Crippen molar-refractivity contribution >= 4 is 5.96 Å². The number of nitrogens with two attached hydrogens (primary N) is 1. The zero-order chi connectivity index (χ0) is 11.7. The molecule has 0 saturated carbocycles. The summed E-state index contributed by atoms with van der Waals surface area (Å²) in [5.74, 6) is 0.711. The highest BCUT2D eigenvalue weighted by Gasteiger charge is 2.10. The molecule has 0 amide bonds. The van der Waals surface area contributed by atoms with Crippen molar-refractivity contribution in [3.05, 3.63) is 0 Å². The van der Waals surface area contributed by atoms with Crippen LogP contribution >= 0.6 is 0 Å². The zero-order valence-corrected chi connectivity index (χ0v) is 10.8. The number of guanidine groups is 1. The molecular weight excluding hydrogens is 186 g/mol. The molecule has 0 aliphatic rings. The van der Waals surface area contributed by atoms with Gasteiger partial charge in [-0.2, -0.15) is 0 Å². The molecule has 0 rings (SSSR count). The lowest BCUT2D eigenvalue weighted by atomic mass is 10.2. The Morgan fingerprint density at radius 3 is 2.33 bits per heavy atom. The van der Waals surface area contributed by atoms with Gasteiger partial charge < -0.3 is 10.6 Å². The summed E-state index contributed by atoms with van der Waals surface area (Å²) in [7, 11) is 0. The third-order valence-electron chi connectivity index (χ3n) is 2.42. The van der Waals surface area contributed by atoms with E-state index in [0.29, 0.717) is 12.0 Å². The second kappa shape index (κ2) is 8.57. The number of hydrogen-bond donors (Lipinski definition) is 1. The molecule has 0 aromatic rings. The van der Waals surface area contributed by atoms with Crippen LogP contribution in [0.1, 0.15) is 53.4 Å². The molecule has 90 valence electrons. The Kier molecular flexibility index (Phi) is 8.15. The van der Waals surface area contributed by atoms with Gasteiger partial charge in [0.05, 0.1) is 0 Å². The van der Waals surface area contributed by atoms with Gasteiger partial charge in [-0.05, 0) is 26.7 Å². The minimum atomic E-state index is 0.447. The maximum absolute atomic E-state index is 5.96. The van der Waals surface area contributed by atoms with Crippen LogP contribution in [0.25, 0.3) is 0 Å². The predicted molar refractivity (Wildman–Crippen MR) is 68.1 cm³/mol. The van der Waals surface area contributed by atoms with Gasteiger partial charge in [-0.25, -0.2) is 0 Å². The van der Waals surface area contributed by atoms with E-state index < -0.39 is 0 Å². The standard InChI is InChI=1S/C12H27N3/c1-5-7-8-10-15(11(3)4)12(13)14-9-6-2/h11H,5-10H2,1-4H3,(H2,13,14). The largest absolute Gasteiger partial charge is 0.370 e. The van der Waals surface area contributed by atoms with Crippen molar-refractivity contribution in [1.82, 2.24) is 4.90 Å². The number of unbranched alkanes of at least 4 members (excludes halogenated alkanes) is 2. The third-order valence-corrected chi connectivity index (χ3v) is 2.42. The SMILES string of the molecule is CCCCCN(C(N)=NCCC)C(C)C. The first kappa shape index (κ1) is 14.3. The summed E-state index contributed by atoms with van der Waals surface area (Å²) >= 11 is 0. The molecule has 0 aromatic heterocycles. The van der Waals surface area contributed by atoms with Gasteiger partial charge in [-0.15, -0.1) is 0 Å². The summed E-state index contributed by atoms with van der Waals surface area (Å²) < 4.78 is 0. The van der Waals surface area contributed by atoms with Crippen LogP contribution in [0.2, 0.25) is 0 Å². The van der Waals surface area contributed by atoms with Gasteiger partial charge in [0.2, 0.25) is 0 Å². The quantitative estimate of drug-likeness (QED) is 0.401. The molecule has 0 atom stereocenters. The number of aliphatic imine (C=N–C) groups is 1. The first-order chi connectivity index (χ1) is 7.13. The molecule has 0 aliphatic heterocycles. The van der Waals surface area contributed by atoms with Crippen LogP contribution in [-0.4, -0.2) is 30.0 Å². The van der Waals surface area contributed by atoms with Crippen molar-refractivity contribution in [3.63, 3.8) is 0 Å². The van der Waals surface area contributed by atoms with Crippen molar-refractivity contribution in [2.45, 2.75) is 59.4 Å². The summed E-state index contributed by atoms with van der Waals surface area (Å²) in [5, 5.41) is 0. The molecule has 0 unspecified atom stereocenters. The van der Waals surface area contributed by atoms with Crippen LogP contribution in [0.3, 0.4) is 0 Å². The van der Waals surface area contributed by atoms with E-state index in [0.717, 1.165) is 19.5 Å². The molecule has 0 heterocycles. The Morgan fingerprint density at radius 2 is 1.87 bits per heavy atom. The van der Waals surface area contributed by atoms with Gasteiger partial charge >= 0.3 is 0 Å². The predicted octanol–water partition coefficient (Wildman–Crippen LogP) is 2.61. The summed E-state index contributed by atoms with van der Waals surface area (Å²) in [6.45, 7) is 10.5. The molecule has 0 radical (unpaired) electrons. The maximum atomic E-state index is 5.96. The summed E-state index contributed by atoms with van der Waals surface area (Å²) in [5.41, 5.74) is 5.96. The van der Waals surface area contributed by atoms with E-state index in [4.69, 9.17) is 5.73 Å². The molecule has 0 bridgehead atoms. The fourth-order valence-corrected chi connectivity index (χ4v) is 1.49. The van der Waals surface area contributed by atoms with Gasteiger partial charge in [0.25, 0.3) is 0 Å². The Morgan fingerprint density at radius 1 is 1.20 bits per heavy atom. The van der Waals surface area contributed by atoms with Crippen molar-refractivity contribution in [2.24, 2.45) is 10.7 Å². The normalized spacial score (nSPS) is 12.2. The molecule has 0 aliphatic carbocycles. The number of rotatable bonds is 7. The topological polar surface area (TPSA) is 41.6 Å². The van der Waals surface area contributed by atoms with Crippen LogP contribution in [0, 0.1) is 0 Å². The van der Waals surface area contributed by atoms with Crippen LogP contribution < -0.4 is 5.73 Å². The molecule has 0 saturated heterocycles. The Bertz CT molecular complexity index is 176. The van der Waals surface area contributed by atoms with Gasteiger partial charge in [0.1, 0.15) is 0 Å². The zero-order valence-electron chi connectivity index (χ0n) is 10.8. The second-order valence-electron chi connectivity index (χ2n) is 4.23. The number of nitrogens with zero attached hydrogens (tertiary/aromatic N) is 2. The molecule has 0 spiro atoms. The minimum Gasteiger partial charge on any atom is -0.370 e. The second-order valence-corrected chi connectivity index (χ2v) is 4.23. The lowest BCUT2D eigenvalue weighted by Gasteiger charge is -2.27. The molecule has 2 N–H and O–H groups in total. The van der Waals surface area contributed by atoms with E-state index in [9.17, 15) is 0 Å². The summed E-state index contributed by atoms with van der Waals surface area (Å²) in [4.78, 5) is 6.56. The van der Waals surface area contributed by atoms with Crippen LogP contribution in [0.15, 0.2) is 4.99 Å². The Balaban J connectivity index is 4.12. The lowest BCUT2D eigenvalue weighted by Crippen LogP contribution is -2.42. The van der Waals surface area contributed by atoms with Gasteiger partial charge in [0, 0.05) is 19.1 Å². The van der Waals surface area contributed by atoms with Crippen molar-refractivity contribution in [1.29, 1.82) is 0 Å². The van der Waals surface area contributed by atoms with Gasteiger partial charge in [-0.1, -0.05) is 26.7 Å². The fraction of sp³-hybridized carbons (Fsp3) is 0.917. The van der Waals surface area contributed by atoms with Crippen LogP contribution in [0.4, 0.5) is 0 Å². The first-order valence-electron chi connectivity index (χ1n) is 6.20. The first-order valence-corrected chi connectivity index (χ1v) is 6.20. The molecular formula is C12H27N3. The van der Waals surface area contributed by atoms with Crippen LogP contribution in [0.5, 0.6) is 0 Å². The average molecular weight is 213 g/mol. The van der Waals surface area contributed by atoms with E-state index in [1.165, 1.54) is 19.3 Å². The smallest absolute Gasteiger partial charge is 0.191 e.